The van der Waals surface area contributed by atoms with Crippen molar-refractivity contribution in [2.24, 2.45) is 0 Å². The second-order valence-electron chi connectivity index (χ2n) is 6.34. The smallest absolute Gasteiger partial charge is 0.306 e. The zero-order valence-corrected chi connectivity index (χ0v) is 16.6. The van der Waals surface area contributed by atoms with Crippen LogP contribution in [-0.4, -0.2) is 31.5 Å². The zero-order valence-electron chi connectivity index (χ0n) is 14.2. The average molecular weight is 408 g/mol. The summed E-state index contributed by atoms with van der Waals surface area (Å²) < 4.78 is 0.0914. The van der Waals surface area contributed by atoms with Crippen molar-refractivity contribution in [1.82, 2.24) is 5.06 Å². The number of hydrogen-bond donors (Lipinski definition) is 2. The summed E-state index contributed by atoms with van der Waals surface area (Å²) in [7, 11) is 0. The summed E-state index contributed by atoms with van der Waals surface area (Å²) in [6.45, 7) is 3.88. The Morgan fingerprint density at radius 2 is 1.96 bits per heavy atom. The number of nitrogens with zero attached hydrogens (tertiary/aromatic N) is 2. The van der Waals surface area contributed by atoms with Crippen LogP contribution in [0.4, 0.5) is 16.2 Å². The van der Waals surface area contributed by atoms with E-state index >= 15 is 0 Å². The van der Waals surface area contributed by atoms with Crippen LogP contribution in [0.5, 0.6) is 0 Å². The molecule has 136 valence electrons. The van der Waals surface area contributed by atoms with Gasteiger partial charge in [0.05, 0.1) is 4.75 Å². The van der Waals surface area contributed by atoms with Crippen molar-refractivity contribution in [1.29, 1.82) is 0 Å². The van der Waals surface area contributed by atoms with Gasteiger partial charge in [0.15, 0.2) is 6.17 Å². The maximum Gasteiger partial charge on any atom is 0.347 e. The van der Waals surface area contributed by atoms with E-state index in [9.17, 15) is 10.0 Å². The first-order chi connectivity index (χ1) is 12.3. The van der Waals surface area contributed by atoms with Crippen molar-refractivity contribution in [3.05, 3.63) is 59.6 Å². The van der Waals surface area contributed by atoms with Gasteiger partial charge in [0.1, 0.15) is 4.32 Å². The van der Waals surface area contributed by atoms with E-state index in [4.69, 9.17) is 23.8 Å². The fraction of sp³-hybridized carbons (Fsp3) is 0.222. The number of nitrogens with one attached hydrogen (secondary N) is 1. The van der Waals surface area contributed by atoms with Gasteiger partial charge in [-0.25, -0.2) is 4.79 Å². The van der Waals surface area contributed by atoms with E-state index in [1.165, 1.54) is 11.8 Å². The molecule has 0 aromatic heterocycles. The van der Waals surface area contributed by atoms with Crippen LogP contribution >= 0.6 is 35.6 Å². The van der Waals surface area contributed by atoms with Crippen LogP contribution in [0.2, 0.25) is 5.02 Å². The second-order valence-corrected chi connectivity index (χ2v) is 9.06. The number of benzene rings is 2. The largest absolute Gasteiger partial charge is 0.347 e. The molecular weight excluding hydrogens is 390 g/mol. The second kappa shape index (κ2) is 7.44. The van der Waals surface area contributed by atoms with Gasteiger partial charge in [0, 0.05) is 16.4 Å². The Kier molecular flexibility index (Phi) is 5.43. The predicted molar refractivity (Wildman–Crippen MR) is 111 cm³/mol. The number of hydroxylamine groups is 2. The molecule has 0 unspecified atom stereocenters. The molecule has 2 aromatic rings. The van der Waals surface area contributed by atoms with Gasteiger partial charge in [-0.2, -0.15) is 5.06 Å². The zero-order chi connectivity index (χ0) is 18.9. The van der Waals surface area contributed by atoms with E-state index in [1.54, 1.807) is 29.2 Å². The van der Waals surface area contributed by atoms with Crippen molar-refractivity contribution in [3.8, 4) is 0 Å². The number of urea groups is 1. The van der Waals surface area contributed by atoms with Crippen LogP contribution in [0.15, 0.2) is 54.6 Å². The van der Waals surface area contributed by atoms with Gasteiger partial charge in [0.25, 0.3) is 0 Å². The summed E-state index contributed by atoms with van der Waals surface area (Å²) in [6.07, 6.45) is -0.665. The number of rotatable bonds is 3. The molecule has 1 saturated heterocycles. The fourth-order valence-corrected chi connectivity index (χ4v) is 4.94. The van der Waals surface area contributed by atoms with E-state index in [2.05, 4.69) is 5.32 Å². The number of anilines is 2. The van der Waals surface area contributed by atoms with Gasteiger partial charge in [0.2, 0.25) is 0 Å². The van der Waals surface area contributed by atoms with Gasteiger partial charge < -0.3 is 10.2 Å². The number of thiocarbonyl (C=S) groups is 1. The standard InChI is InChI=1S/C18H18ClN3O2S2/c1-18(2)15(21(17(25)26-18)14-9-4-3-5-10-14)22(24)16(23)20-13-8-6-7-12(19)11-13/h3-11,15,24H,1-2H3,(H,20,23)/t15-/m0/s1. The highest BCUT2D eigenvalue weighted by molar-refractivity contribution is 8.24. The maximum absolute atomic E-state index is 12.6. The van der Waals surface area contributed by atoms with E-state index in [0.717, 1.165) is 5.69 Å². The van der Waals surface area contributed by atoms with E-state index in [1.807, 2.05) is 44.2 Å². The molecule has 2 amide bonds. The summed E-state index contributed by atoms with van der Waals surface area (Å²) in [4.78, 5) is 14.4. The van der Waals surface area contributed by atoms with Crippen LogP contribution < -0.4 is 10.2 Å². The fourth-order valence-electron chi connectivity index (χ4n) is 2.83. The van der Waals surface area contributed by atoms with Crippen LogP contribution in [0.25, 0.3) is 0 Å². The summed E-state index contributed by atoms with van der Waals surface area (Å²) in [5, 5.41) is 14.6. The Morgan fingerprint density at radius 3 is 2.62 bits per heavy atom. The van der Waals surface area contributed by atoms with E-state index in [0.29, 0.717) is 20.1 Å². The van der Waals surface area contributed by atoms with Gasteiger partial charge >= 0.3 is 6.03 Å². The molecule has 8 heteroatoms. The molecule has 1 aliphatic heterocycles. The predicted octanol–water partition coefficient (Wildman–Crippen LogP) is 5.21. The Hall–Kier alpha value is -1.80. The monoisotopic (exact) mass is 407 g/mol. The molecule has 0 aliphatic carbocycles. The quantitative estimate of drug-likeness (QED) is 0.415. The molecule has 1 atom stereocenters. The Morgan fingerprint density at radius 1 is 1.27 bits per heavy atom. The maximum atomic E-state index is 12.6. The lowest BCUT2D eigenvalue weighted by Gasteiger charge is -2.36. The van der Waals surface area contributed by atoms with Crippen molar-refractivity contribution < 1.29 is 10.0 Å². The topological polar surface area (TPSA) is 55.8 Å². The third-order valence-electron chi connectivity index (χ3n) is 3.96. The van der Waals surface area contributed by atoms with Gasteiger partial charge in [-0.3, -0.25) is 5.21 Å². The number of halogens is 1. The molecular formula is C18H18ClN3O2S2. The van der Waals surface area contributed by atoms with Crippen molar-refractivity contribution in [2.45, 2.75) is 24.8 Å². The Labute approximate surface area is 166 Å². The average Bonchev–Trinajstić information content (AvgIpc) is 2.83. The van der Waals surface area contributed by atoms with Crippen LogP contribution in [-0.2, 0) is 0 Å². The third kappa shape index (κ3) is 3.81. The summed E-state index contributed by atoms with van der Waals surface area (Å²) in [5.74, 6) is 0. The third-order valence-corrected chi connectivity index (χ3v) is 5.75. The first-order valence-electron chi connectivity index (χ1n) is 7.91. The van der Waals surface area contributed by atoms with Crippen molar-refractivity contribution in [2.75, 3.05) is 10.2 Å². The molecule has 0 saturated carbocycles. The number of para-hydroxylation sites is 1. The number of carbonyl (C=O) groups is 1. The van der Waals surface area contributed by atoms with Gasteiger partial charge in [-0.05, 0) is 44.2 Å². The molecule has 5 nitrogen and oxygen atoms in total. The molecule has 2 N–H and O–H groups in total. The SMILES string of the molecule is CC1(C)SC(=S)N(c2ccccc2)[C@H]1N(O)C(=O)Nc1cccc(Cl)c1. The van der Waals surface area contributed by atoms with Gasteiger partial charge in [-0.15, -0.1) is 0 Å². The minimum atomic E-state index is -0.665. The van der Waals surface area contributed by atoms with Crippen LogP contribution in [0.3, 0.4) is 0 Å². The highest BCUT2D eigenvalue weighted by atomic mass is 35.5. The summed E-state index contributed by atoms with van der Waals surface area (Å²) in [6, 6.07) is 15.6. The highest BCUT2D eigenvalue weighted by Gasteiger charge is 2.50. The molecule has 1 fully saturated rings. The van der Waals surface area contributed by atoms with Gasteiger partial charge in [-0.1, -0.05) is 59.8 Å². The molecule has 26 heavy (non-hydrogen) atoms. The van der Waals surface area contributed by atoms with Crippen molar-refractivity contribution in [3.63, 3.8) is 0 Å². The molecule has 1 aliphatic rings. The van der Waals surface area contributed by atoms with Crippen LogP contribution in [0.1, 0.15) is 13.8 Å². The number of amides is 2. The molecule has 2 aromatic carbocycles. The molecule has 0 radical (unpaired) electrons. The minimum absolute atomic E-state index is 0.496. The lowest BCUT2D eigenvalue weighted by molar-refractivity contribution is -0.0762. The summed E-state index contributed by atoms with van der Waals surface area (Å²) in [5.41, 5.74) is 1.31. The molecule has 1 heterocycles. The van der Waals surface area contributed by atoms with Crippen molar-refractivity contribution >= 4 is 57.3 Å². The van der Waals surface area contributed by atoms with E-state index < -0.39 is 16.9 Å². The van der Waals surface area contributed by atoms with Crippen LogP contribution in [0, 0.1) is 0 Å². The van der Waals surface area contributed by atoms with E-state index in [-0.39, 0.29) is 0 Å². The molecule has 3 rings (SSSR count). The first-order valence-corrected chi connectivity index (χ1v) is 9.52. The minimum Gasteiger partial charge on any atom is -0.306 e. The highest BCUT2D eigenvalue weighted by Crippen LogP contribution is 2.44. The Balaban J connectivity index is 1.88. The number of carbonyl (C=O) groups excluding carboxylic acids is 1. The number of thioether (sulfide) groups is 1. The number of hydrogen-bond acceptors (Lipinski definition) is 4. The molecule has 0 spiro atoms. The Bertz CT molecular complexity index is 832. The lowest BCUT2D eigenvalue weighted by atomic mass is 10.1. The molecule has 0 bridgehead atoms. The summed E-state index contributed by atoms with van der Waals surface area (Å²) >= 11 is 12.9. The first kappa shape index (κ1) is 19.0. The lowest BCUT2D eigenvalue weighted by Crippen LogP contribution is -2.55. The normalized spacial score (nSPS) is 18.7.